The Balaban J connectivity index is 2.05. The molecule has 112 valence electrons. The molecule has 1 aromatic carbocycles. The predicted molar refractivity (Wildman–Crippen MR) is 82.1 cm³/mol. The van der Waals surface area contributed by atoms with Crippen molar-refractivity contribution in [2.45, 2.75) is 51.8 Å². The number of nitrogens with one attached hydrogen (secondary N) is 1. The van der Waals surface area contributed by atoms with Crippen LogP contribution in [0.1, 0.15) is 50.3 Å². The van der Waals surface area contributed by atoms with Crippen LogP contribution < -0.4 is 10.1 Å². The summed E-state index contributed by atoms with van der Waals surface area (Å²) in [5.41, 5.74) is 2.42. The average Bonchev–Trinajstić information content (AvgIpc) is 2.84. The van der Waals surface area contributed by atoms with Crippen LogP contribution in [0.5, 0.6) is 5.75 Å². The van der Waals surface area contributed by atoms with Gasteiger partial charge in [0, 0.05) is 24.8 Å². The largest absolute Gasteiger partial charge is 0.496 e. The smallest absolute Gasteiger partial charge is 0.124 e. The van der Waals surface area contributed by atoms with Gasteiger partial charge in [0.05, 0.1) is 13.7 Å². The summed E-state index contributed by atoms with van der Waals surface area (Å²) < 4.78 is 10.6. The number of ether oxygens (including phenoxy) is 2. The van der Waals surface area contributed by atoms with Gasteiger partial charge >= 0.3 is 0 Å². The Kier molecular flexibility index (Phi) is 5.44. The molecule has 1 aromatic rings. The topological polar surface area (TPSA) is 30.5 Å². The second kappa shape index (κ2) is 7.09. The van der Waals surface area contributed by atoms with Gasteiger partial charge in [0.25, 0.3) is 0 Å². The van der Waals surface area contributed by atoms with E-state index in [0.717, 1.165) is 17.2 Å². The number of hydrogen-bond acceptors (Lipinski definition) is 3. The van der Waals surface area contributed by atoms with Crippen LogP contribution in [0.25, 0.3) is 0 Å². The van der Waals surface area contributed by atoms with Crippen molar-refractivity contribution in [3.63, 3.8) is 0 Å². The minimum Gasteiger partial charge on any atom is -0.496 e. The second-order valence-electron chi connectivity index (χ2n) is 6.01. The fourth-order valence-corrected chi connectivity index (χ4v) is 3.14. The third-order valence-electron chi connectivity index (χ3n) is 4.28. The van der Waals surface area contributed by atoms with Gasteiger partial charge in [-0.3, -0.25) is 0 Å². The van der Waals surface area contributed by atoms with Crippen LogP contribution in [0.4, 0.5) is 0 Å². The van der Waals surface area contributed by atoms with Crippen LogP contribution in [-0.2, 0) is 11.3 Å². The minimum atomic E-state index is 0.367. The van der Waals surface area contributed by atoms with E-state index in [1.165, 1.54) is 24.8 Å². The van der Waals surface area contributed by atoms with Gasteiger partial charge < -0.3 is 14.8 Å². The Morgan fingerprint density at radius 2 is 2.10 bits per heavy atom. The van der Waals surface area contributed by atoms with Crippen LogP contribution in [0.15, 0.2) is 18.2 Å². The summed E-state index contributed by atoms with van der Waals surface area (Å²) >= 11 is 0. The zero-order chi connectivity index (χ0) is 14.5. The summed E-state index contributed by atoms with van der Waals surface area (Å²) in [6.45, 7) is 5.17. The molecular formula is C17H27NO2. The monoisotopic (exact) mass is 277 g/mol. The molecule has 0 heterocycles. The maximum Gasteiger partial charge on any atom is 0.124 e. The van der Waals surface area contributed by atoms with Crippen molar-refractivity contribution >= 4 is 0 Å². The number of benzene rings is 1. The molecule has 20 heavy (non-hydrogen) atoms. The van der Waals surface area contributed by atoms with Crippen LogP contribution in [0.2, 0.25) is 0 Å². The molecule has 3 heteroatoms. The third kappa shape index (κ3) is 3.74. The highest BCUT2D eigenvalue weighted by Gasteiger charge is 2.23. The zero-order valence-electron chi connectivity index (χ0n) is 13.1. The highest BCUT2D eigenvalue weighted by molar-refractivity contribution is 5.38. The van der Waals surface area contributed by atoms with Crippen molar-refractivity contribution in [3.8, 4) is 5.75 Å². The van der Waals surface area contributed by atoms with E-state index in [0.29, 0.717) is 18.7 Å². The van der Waals surface area contributed by atoms with E-state index in [-0.39, 0.29) is 0 Å². The molecule has 3 unspecified atom stereocenters. The Morgan fingerprint density at radius 1 is 1.30 bits per heavy atom. The Bertz CT molecular complexity index is 433. The lowest BCUT2D eigenvalue weighted by Crippen LogP contribution is -2.29. The van der Waals surface area contributed by atoms with Crippen molar-refractivity contribution in [2.75, 3.05) is 14.2 Å². The molecule has 0 aromatic heterocycles. The standard InChI is InChI=1S/C17H27NO2/c1-12-5-7-16(9-12)18-13(2)14-6-8-17(20-4)15(10-14)11-19-3/h6,8,10,12-13,16,18H,5,7,9,11H2,1-4H3. The predicted octanol–water partition coefficient (Wildman–Crippen LogP) is 3.68. The van der Waals surface area contributed by atoms with E-state index in [9.17, 15) is 0 Å². The lowest BCUT2D eigenvalue weighted by molar-refractivity contribution is 0.181. The molecule has 0 amide bonds. The minimum absolute atomic E-state index is 0.367. The number of hydrogen-bond donors (Lipinski definition) is 1. The molecule has 0 bridgehead atoms. The quantitative estimate of drug-likeness (QED) is 0.860. The Hall–Kier alpha value is -1.06. The first-order valence-corrected chi connectivity index (χ1v) is 7.55. The van der Waals surface area contributed by atoms with Gasteiger partial charge in [0.1, 0.15) is 5.75 Å². The molecule has 1 aliphatic carbocycles. The highest BCUT2D eigenvalue weighted by Crippen LogP contribution is 2.28. The third-order valence-corrected chi connectivity index (χ3v) is 4.28. The van der Waals surface area contributed by atoms with E-state index in [1.54, 1.807) is 14.2 Å². The summed E-state index contributed by atoms with van der Waals surface area (Å²) in [7, 11) is 3.42. The highest BCUT2D eigenvalue weighted by atomic mass is 16.5. The fraction of sp³-hybridized carbons (Fsp3) is 0.647. The first-order chi connectivity index (χ1) is 9.63. The fourth-order valence-electron chi connectivity index (χ4n) is 3.14. The van der Waals surface area contributed by atoms with Crippen LogP contribution in [0.3, 0.4) is 0 Å². The van der Waals surface area contributed by atoms with Gasteiger partial charge in [-0.25, -0.2) is 0 Å². The lowest BCUT2D eigenvalue weighted by Gasteiger charge is -2.21. The summed E-state index contributed by atoms with van der Waals surface area (Å²) in [6.07, 6.45) is 3.94. The molecule has 3 atom stereocenters. The summed E-state index contributed by atoms with van der Waals surface area (Å²) in [5.74, 6) is 1.76. The van der Waals surface area contributed by atoms with Crippen LogP contribution >= 0.6 is 0 Å². The van der Waals surface area contributed by atoms with Gasteiger partial charge in [0.15, 0.2) is 0 Å². The van der Waals surface area contributed by atoms with Gasteiger partial charge in [-0.15, -0.1) is 0 Å². The van der Waals surface area contributed by atoms with E-state index in [4.69, 9.17) is 9.47 Å². The first kappa shape index (κ1) is 15.3. The van der Waals surface area contributed by atoms with Gasteiger partial charge in [-0.1, -0.05) is 13.0 Å². The summed E-state index contributed by atoms with van der Waals surface area (Å²) in [6, 6.07) is 7.41. The molecule has 1 aliphatic rings. The van der Waals surface area contributed by atoms with Crippen molar-refractivity contribution in [2.24, 2.45) is 5.92 Å². The lowest BCUT2D eigenvalue weighted by atomic mass is 10.0. The molecular weight excluding hydrogens is 250 g/mol. The zero-order valence-corrected chi connectivity index (χ0v) is 13.1. The maximum absolute atomic E-state index is 5.38. The van der Waals surface area contributed by atoms with Crippen LogP contribution in [-0.4, -0.2) is 20.3 Å². The van der Waals surface area contributed by atoms with E-state index in [1.807, 2.05) is 6.07 Å². The molecule has 2 rings (SSSR count). The molecule has 1 saturated carbocycles. The normalized spacial score (nSPS) is 23.8. The van der Waals surface area contributed by atoms with Crippen molar-refractivity contribution in [1.29, 1.82) is 0 Å². The van der Waals surface area contributed by atoms with E-state index in [2.05, 4.69) is 31.3 Å². The van der Waals surface area contributed by atoms with Gasteiger partial charge in [-0.2, -0.15) is 0 Å². The molecule has 0 spiro atoms. The van der Waals surface area contributed by atoms with Gasteiger partial charge in [0.2, 0.25) is 0 Å². The maximum atomic E-state index is 5.38. The van der Waals surface area contributed by atoms with Crippen molar-refractivity contribution in [1.82, 2.24) is 5.32 Å². The Morgan fingerprint density at radius 3 is 2.70 bits per heavy atom. The average molecular weight is 277 g/mol. The van der Waals surface area contributed by atoms with Crippen molar-refractivity contribution in [3.05, 3.63) is 29.3 Å². The molecule has 0 radical (unpaired) electrons. The SMILES string of the molecule is COCc1cc(C(C)NC2CCC(C)C2)ccc1OC. The number of methoxy groups -OCH3 is 2. The van der Waals surface area contributed by atoms with Crippen LogP contribution in [0, 0.1) is 5.92 Å². The molecule has 1 fully saturated rings. The van der Waals surface area contributed by atoms with Gasteiger partial charge in [-0.05, 0) is 49.8 Å². The van der Waals surface area contributed by atoms with E-state index >= 15 is 0 Å². The molecule has 0 aliphatic heterocycles. The summed E-state index contributed by atoms with van der Waals surface area (Å²) in [5, 5.41) is 3.75. The van der Waals surface area contributed by atoms with Crippen molar-refractivity contribution < 1.29 is 9.47 Å². The Labute approximate surface area is 122 Å². The summed E-state index contributed by atoms with van der Waals surface area (Å²) in [4.78, 5) is 0. The molecule has 1 N–H and O–H groups in total. The first-order valence-electron chi connectivity index (χ1n) is 7.55. The molecule has 0 saturated heterocycles. The van der Waals surface area contributed by atoms with E-state index < -0.39 is 0 Å². The number of rotatable bonds is 6. The molecule has 3 nitrogen and oxygen atoms in total. The second-order valence-corrected chi connectivity index (χ2v) is 6.01.